The van der Waals surface area contributed by atoms with Crippen LogP contribution in [-0.4, -0.2) is 7.05 Å². The molecule has 1 aromatic carbocycles. The molecule has 0 bridgehead atoms. The van der Waals surface area contributed by atoms with E-state index in [0.717, 1.165) is 16.3 Å². The molecule has 1 atom stereocenters. The monoisotopic (exact) mass is 415 g/mol. The molecule has 0 saturated heterocycles. The van der Waals surface area contributed by atoms with E-state index >= 15 is 0 Å². The minimum atomic E-state index is 0.442. The Morgan fingerprint density at radius 2 is 1.71 bits per heavy atom. The van der Waals surface area contributed by atoms with Gasteiger partial charge in [0.25, 0.3) is 0 Å². The molecule has 1 aliphatic carbocycles. The average Bonchev–Trinajstić information content (AvgIpc) is 2.43. The van der Waals surface area contributed by atoms with Crippen LogP contribution < -0.4 is 5.32 Å². The molecule has 1 N–H and O–H groups in total. The highest BCUT2D eigenvalue weighted by atomic mass is 79.9. The Labute approximate surface area is 146 Å². The van der Waals surface area contributed by atoms with Gasteiger partial charge in [0.15, 0.2) is 0 Å². The highest BCUT2D eigenvalue weighted by molar-refractivity contribution is 9.11. The average molecular weight is 417 g/mol. The van der Waals surface area contributed by atoms with Gasteiger partial charge in [0.2, 0.25) is 0 Å². The molecule has 0 heterocycles. The Morgan fingerprint density at radius 3 is 2.24 bits per heavy atom. The first-order valence-corrected chi connectivity index (χ1v) is 9.53. The van der Waals surface area contributed by atoms with Crippen molar-refractivity contribution in [2.75, 3.05) is 7.05 Å². The molecular formula is C18H27Br2N. The zero-order valence-electron chi connectivity index (χ0n) is 13.5. The largest absolute Gasteiger partial charge is 0.313 e. The molecule has 1 unspecified atom stereocenters. The van der Waals surface area contributed by atoms with Crippen LogP contribution in [-0.2, 0) is 0 Å². The molecule has 1 nitrogen and oxygen atoms in total. The van der Waals surface area contributed by atoms with Crippen molar-refractivity contribution in [3.8, 4) is 0 Å². The summed E-state index contributed by atoms with van der Waals surface area (Å²) in [6.45, 7) is 7.16. The molecule has 1 fully saturated rings. The first-order valence-electron chi connectivity index (χ1n) is 7.95. The molecule has 0 aliphatic heterocycles. The number of halogens is 2. The number of hydrogen-bond acceptors (Lipinski definition) is 1. The Balaban J connectivity index is 2.11. The van der Waals surface area contributed by atoms with Crippen LogP contribution in [0.25, 0.3) is 0 Å². The van der Waals surface area contributed by atoms with Crippen molar-refractivity contribution in [1.29, 1.82) is 0 Å². The minimum Gasteiger partial charge on any atom is -0.313 e. The fourth-order valence-corrected chi connectivity index (χ4v) is 4.59. The van der Waals surface area contributed by atoms with E-state index in [2.05, 4.69) is 83.2 Å². The molecular weight excluding hydrogens is 390 g/mol. The second kappa shape index (κ2) is 7.14. The molecule has 2 rings (SSSR count). The quantitative estimate of drug-likeness (QED) is 0.607. The third-order valence-electron chi connectivity index (χ3n) is 5.07. The van der Waals surface area contributed by atoms with Gasteiger partial charge in [-0.1, -0.05) is 52.6 Å². The molecule has 0 aromatic heterocycles. The van der Waals surface area contributed by atoms with E-state index < -0.39 is 0 Å². The van der Waals surface area contributed by atoms with Gasteiger partial charge in [-0.25, -0.2) is 0 Å². The van der Waals surface area contributed by atoms with E-state index in [-0.39, 0.29) is 0 Å². The molecule has 21 heavy (non-hydrogen) atoms. The number of rotatable bonds is 3. The lowest BCUT2D eigenvalue weighted by molar-refractivity contribution is 0.134. The van der Waals surface area contributed by atoms with Crippen LogP contribution in [0.4, 0.5) is 0 Å². The summed E-state index contributed by atoms with van der Waals surface area (Å²) in [7, 11) is 2.09. The van der Waals surface area contributed by atoms with Crippen molar-refractivity contribution in [2.45, 2.75) is 52.5 Å². The maximum atomic E-state index is 3.72. The van der Waals surface area contributed by atoms with Crippen LogP contribution >= 0.6 is 31.9 Å². The molecule has 0 amide bonds. The fraction of sp³-hybridized carbons (Fsp3) is 0.667. The van der Waals surface area contributed by atoms with E-state index in [9.17, 15) is 0 Å². The summed E-state index contributed by atoms with van der Waals surface area (Å²) < 4.78 is 2.37. The Bertz CT molecular complexity index is 471. The third-order valence-corrected chi connectivity index (χ3v) is 6.29. The SMILES string of the molecule is CNC(c1cc(Br)ccc1Br)C1CCC(C(C)(C)C)CC1. The van der Waals surface area contributed by atoms with Gasteiger partial charge in [-0.05, 0) is 73.7 Å². The normalized spacial score (nSPS) is 24.9. The van der Waals surface area contributed by atoms with E-state index in [1.54, 1.807) is 0 Å². The van der Waals surface area contributed by atoms with Crippen molar-refractivity contribution in [2.24, 2.45) is 17.3 Å². The predicted octanol–water partition coefficient (Wildman–Crippen LogP) is 6.32. The van der Waals surface area contributed by atoms with Crippen molar-refractivity contribution in [3.05, 3.63) is 32.7 Å². The molecule has 1 aliphatic rings. The maximum absolute atomic E-state index is 3.72. The second-order valence-corrected chi connectivity index (χ2v) is 9.18. The lowest BCUT2D eigenvalue weighted by Gasteiger charge is -2.39. The predicted molar refractivity (Wildman–Crippen MR) is 98.5 cm³/mol. The van der Waals surface area contributed by atoms with Crippen molar-refractivity contribution in [1.82, 2.24) is 5.32 Å². The first-order chi connectivity index (χ1) is 9.82. The highest BCUT2D eigenvalue weighted by Gasteiger charge is 2.33. The van der Waals surface area contributed by atoms with Gasteiger partial charge >= 0.3 is 0 Å². The molecule has 118 valence electrons. The number of nitrogens with one attached hydrogen (secondary N) is 1. The number of hydrogen-bond donors (Lipinski definition) is 1. The topological polar surface area (TPSA) is 12.0 Å². The van der Waals surface area contributed by atoms with Gasteiger partial charge in [-0.15, -0.1) is 0 Å². The second-order valence-electron chi connectivity index (χ2n) is 7.41. The summed E-state index contributed by atoms with van der Waals surface area (Å²) in [4.78, 5) is 0. The van der Waals surface area contributed by atoms with Crippen LogP contribution in [0.2, 0.25) is 0 Å². The van der Waals surface area contributed by atoms with Crippen LogP contribution in [0.3, 0.4) is 0 Å². The fourth-order valence-electron chi connectivity index (χ4n) is 3.72. The van der Waals surface area contributed by atoms with E-state index in [0.29, 0.717) is 11.5 Å². The standard InChI is InChI=1S/C18H27Br2N/c1-18(2,3)13-7-5-12(6-8-13)17(21-4)15-11-14(19)9-10-16(15)20/h9-13,17,21H,5-8H2,1-4H3. The van der Waals surface area contributed by atoms with E-state index in [4.69, 9.17) is 0 Å². The van der Waals surface area contributed by atoms with Crippen molar-refractivity contribution in [3.63, 3.8) is 0 Å². The highest BCUT2D eigenvalue weighted by Crippen LogP contribution is 2.44. The van der Waals surface area contributed by atoms with Crippen LogP contribution in [0.5, 0.6) is 0 Å². The molecule has 1 saturated carbocycles. The number of benzene rings is 1. The van der Waals surface area contributed by atoms with E-state index in [1.165, 1.54) is 35.7 Å². The Hall–Kier alpha value is 0.140. The lowest BCUT2D eigenvalue weighted by Crippen LogP contribution is -2.32. The Morgan fingerprint density at radius 1 is 1.10 bits per heavy atom. The van der Waals surface area contributed by atoms with Crippen molar-refractivity contribution < 1.29 is 0 Å². The van der Waals surface area contributed by atoms with Gasteiger partial charge in [0.05, 0.1) is 0 Å². The van der Waals surface area contributed by atoms with Gasteiger partial charge in [0, 0.05) is 15.0 Å². The smallest absolute Gasteiger partial charge is 0.0357 e. The van der Waals surface area contributed by atoms with Gasteiger partial charge in [-0.3, -0.25) is 0 Å². The zero-order valence-corrected chi connectivity index (χ0v) is 16.7. The van der Waals surface area contributed by atoms with Gasteiger partial charge in [-0.2, -0.15) is 0 Å². The summed E-state index contributed by atoms with van der Waals surface area (Å²) in [6.07, 6.45) is 5.37. The van der Waals surface area contributed by atoms with Crippen LogP contribution in [0, 0.1) is 17.3 Å². The van der Waals surface area contributed by atoms with Gasteiger partial charge in [0.1, 0.15) is 0 Å². The van der Waals surface area contributed by atoms with Crippen LogP contribution in [0.1, 0.15) is 58.1 Å². The van der Waals surface area contributed by atoms with Crippen LogP contribution in [0.15, 0.2) is 27.1 Å². The maximum Gasteiger partial charge on any atom is 0.0357 e. The summed E-state index contributed by atoms with van der Waals surface area (Å²) in [5.41, 5.74) is 1.84. The summed E-state index contributed by atoms with van der Waals surface area (Å²) >= 11 is 7.33. The first kappa shape index (κ1) is 17.5. The van der Waals surface area contributed by atoms with E-state index in [1.807, 2.05) is 0 Å². The minimum absolute atomic E-state index is 0.442. The Kier molecular flexibility index (Phi) is 5.95. The molecule has 1 aromatic rings. The third kappa shape index (κ3) is 4.33. The molecule has 3 heteroatoms. The molecule has 0 radical (unpaired) electrons. The summed E-state index contributed by atoms with van der Waals surface area (Å²) in [5.74, 6) is 1.61. The summed E-state index contributed by atoms with van der Waals surface area (Å²) in [6, 6.07) is 6.93. The van der Waals surface area contributed by atoms with Gasteiger partial charge < -0.3 is 5.32 Å². The summed E-state index contributed by atoms with van der Waals surface area (Å²) in [5, 5.41) is 3.56. The zero-order chi connectivity index (χ0) is 15.6. The lowest BCUT2D eigenvalue weighted by atomic mass is 9.68. The molecule has 0 spiro atoms. The van der Waals surface area contributed by atoms with Crippen molar-refractivity contribution >= 4 is 31.9 Å².